The van der Waals surface area contributed by atoms with E-state index in [1.807, 2.05) is 0 Å². The molecule has 0 unspecified atom stereocenters. The summed E-state index contributed by atoms with van der Waals surface area (Å²) in [5.74, 6) is 0.361. The highest BCUT2D eigenvalue weighted by atomic mass is 16.6. The van der Waals surface area contributed by atoms with Gasteiger partial charge in [-0.3, -0.25) is 10.1 Å². The Morgan fingerprint density at radius 2 is 2.11 bits per heavy atom. The van der Waals surface area contributed by atoms with Gasteiger partial charge in [0.25, 0.3) is 5.69 Å². The summed E-state index contributed by atoms with van der Waals surface area (Å²) in [6.07, 6.45) is 0. The van der Waals surface area contributed by atoms with Crippen LogP contribution in [0.3, 0.4) is 0 Å². The largest absolute Gasteiger partial charge is 0.481 e. The van der Waals surface area contributed by atoms with Crippen LogP contribution in [0, 0.1) is 10.1 Å². The molecule has 0 spiro atoms. The number of nitro benzene ring substituents is 1. The average molecular weight is 246 g/mol. The SMILES string of the molecule is COc1cc(-c2cccc([N+](=O)[O-])c2)nc(N)n1. The molecule has 0 bridgehead atoms. The summed E-state index contributed by atoms with van der Waals surface area (Å²) in [5, 5.41) is 10.7. The lowest BCUT2D eigenvalue weighted by Gasteiger charge is -2.04. The number of methoxy groups -OCH3 is 1. The van der Waals surface area contributed by atoms with Crippen LogP contribution in [-0.4, -0.2) is 22.0 Å². The Hall–Kier alpha value is -2.70. The lowest BCUT2D eigenvalue weighted by atomic mass is 10.1. The van der Waals surface area contributed by atoms with E-state index in [0.29, 0.717) is 17.1 Å². The van der Waals surface area contributed by atoms with E-state index in [4.69, 9.17) is 10.5 Å². The number of aromatic nitrogens is 2. The lowest BCUT2D eigenvalue weighted by molar-refractivity contribution is -0.384. The molecular formula is C11H10N4O3. The fourth-order valence-electron chi connectivity index (χ4n) is 1.47. The Balaban J connectivity index is 2.51. The molecule has 0 amide bonds. The molecule has 0 saturated carbocycles. The van der Waals surface area contributed by atoms with Crippen LogP contribution in [0.5, 0.6) is 5.88 Å². The van der Waals surface area contributed by atoms with Gasteiger partial charge < -0.3 is 10.5 Å². The monoisotopic (exact) mass is 246 g/mol. The third-order valence-electron chi connectivity index (χ3n) is 2.28. The van der Waals surface area contributed by atoms with Gasteiger partial charge in [0, 0.05) is 23.8 Å². The zero-order valence-electron chi connectivity index (χ0n) is 9.53. The normalized spacial score (nSPS) is 10.1. The molecule has 0 aliphatic carbocycles. The van der Waals surface area contributed by atoms with E-state index in [-0.39, 0.29) is 11.6 Å². The highest BCUT2D eigenvalue weighted by molar-refractivity contribution is 5.64. The minimum atomic E-state index is -0.467. The van der Waals surface area contributed by atoms with Crippen molar-refractivity contribution in [1.29, 1.82) is 0 Å². The summed E-state index contributed by atoms with van der Waals surface area (Å²) in [5.41, 5.74) is 6.58. The van der Waals surface area contributed by atoms with E-state index >= 15 is 0 Å². The van der Waals surface area contributed by atoms with Crippen LogP contribution in [0.4, 0.5) is 11.6 Å². The van der Waals surface area contributed by atoms with Crippen molar-refractivity contribution in [3.8, 4) is 17.1 Å². The van der Waals surface area contributed by atoms with Crippen LogP contribution in [0.2, 0.25) is 0 Å². The van der Waals surface area contributed by atoms with Crippen molar-refractivity contribution in [2.45, 2.75) is 0 Å². The number of ether oxygens (including phenoxy) is 1. The molecule has 1 aromatic heterocycles. The summed E-state index contributed by atoms with van der Waals surface area (Å²) >= 11 is 0. The molecule has 0 saturated heterocycles. The summed E-state index contributed by atoms with van der Waals surface area (Å²) < 4.78 is 4.97. The maximum Gasteiger partial charge on any atom is 0.270 e. The van der Waals surface area contributed by atoms with Crippen LogP contribution in [0.1, 0.15) is 0 Å². The molecule has 92 valence electrons. The number of anilines is 1. The molecule has 0 aliphatic rings. The molecular weight excluding hydrogens is 236 g/mol. The molecule has 2 aromatic rings. The Morgan fingerprint density at radius 1 is 1.33 bits per heavy atom. The molecule has 0 fully saturated rings. The van der Waals surface area contributed by atoms with Crippen LogP contribution in [-0.2, 0) is 0 Å². The fraction of sp³-hybridized carbons (Fsp3) is 0.0909. The highest BCUT2D eigenvalue weighted by Crippen LogP contribution is 2.24. The van der Waals surface area contributed by atoms with Crippen molar-refractivity contribution in [1.82, 2.24) is 9.97 Å². The summed E-state index contributed by atoms with van der Waals surface area (Å²) in [4.78, 5) is 18.1. The Labute approximate surface area is 102 Å². The van der Waals surface area contributed by atoms with Crippen LogP contribution in [0.15, 0.2) is 30.3 Å². The summed E-state index contributed by atoms with van der Waals surface area (Å²) in [6.45, 7) is 0. The first-order valence-electron chi connectivity index (χ1n) is 5.03. The van der Waals surface area contributed by atoms with Crippen molar-refractivity contribution in [3.05, 3.63) is 40.4 Å². The number of hydrogen-bond acceptors (Lipinski definition) is 6. The minimum absolute atomic E-state index is 0.0105. The van der Waals surface area contributed by atoms with E-state index in [0.717, 1.165) is 0 Å². The molecule has 18 heavy (non-hydrogen) atoms. The number of non-ortho nitro benzene ring substituents is 1. The molecule has 7 heteroatoms. The quantitative estimate of drug-likeness (QED) is 0.652. The lowest BCUT2D eigenvalue weighted by Crippen LogP contribution is -1.99. The smallest absolute Gasteiger partial charge is 0.270 e. The van der Waals surface area contributed by atoms with Crippen molar-refractivity contribution < 1.29 is 9.66 Å². The molecule has 1 aromatic carbocycles. The van der Waals surface area contributed by atoms with Gasteiger partial charge in [0.15, 0.2) is 0 Å². The van der Waals surface area contributed by atoms with Gasteiger partial charge in [-0.1, -0.05) is 12.1 Å². The van der Waals surface area contributed by atoms with Crippen molar-refractivity contribution >= 4 is 11.6 Å². The minimum Gasteiger partial charge on any atom is -0.481 e. The average Bonchev–Trinajstić information content (AvgIpc) is 2.38. The summed E-state index contributed by atoms with van der Waals surface area (Å²) in [6, 6.07) is 7.67. The second-order valence-corrected chi connectivity index (χ2v) is 3.46. The van der Waals surface area contributed by atoms with E-state index in [1.165, 1.54) is 19.2 Å². The Morgan fingerprint density at radius 3 is 2.78 bits per heavy atom. The molecule has 2 rings (SSSR count). The van der Waals surface area contributed by atoms with E-state index in [9.17, 15) is 10.1 Å². The van der Waals surface area contributed by atoms with Gasteiger partial charge in [0.2, 0.25) is 11.8 Å². The first kappa shape index (κ1) is 11.8. The Bertz CT molecular complexity index is 601. The first-order valence-corrected chi connectivity index (χ1v) is 5.03. The van der Waals surface area contributed by atoms with Crippen LogP contribution < -0.4 is 10.5 Å². The van der Waals surface area contributed by atoms with Gasteiger partial charge in [-0.2, -0.15) is 4.98 Å². The number of nitrogens with two attached hydrogens (primary N) is 1. The predicted octanol–water partition coefficient (Wildman–Crippen LogP) is 1.64. The number of nitrogen functional groups attached to an aromatic ring is 1. The van der Waals surface area contributed by atoms with Gasteiger partial charge in [-0.05, 0) is 0 Å². The third-order valence-corrected chi connectivity index (χ3v) is 2.28. The first-order chi connectivity index (χ1) is 8.60. The van der Waals surface area contributed by atoms with Crippen LogP contribution in [0.25, 0.3) is 11.3 Å². The standard InChI is InChI=1S/C11H10N4O3/c1-18-10-6-9(13-11(12)14-10)7-3-2-4-8(5-7)15(16)17/h2-6H,1H3,(H2,12,13,14). The van der Waals surface area contributed by atoms with Gasteiger partial charge >= 0.3 is 0 Å². The summed E-state index contributed by atoms with van der Waals surface area (Å²) in [7, 11) is 1.46. The number of benzene rings is 1. The van der Waals surface area contributed by atoms with Gasteiger partial charge in [-0.25, -0.2) is 4.98 Å². The fourth-order valence-corrected chi connectivity index (χ4v) is 1.47. The molecule has 2 N–H and O–H groups in total. The van der Waals surface area contributed by atoms with Gasteiger partial charge in [0.1, 0.15) is 0 Å². The maximum atomic E-state index is 10.7. The molecule has 7 nitrogen and oxygen atoms in total. The van der Waals surface area contributed by atoms with Crippen LogP contribution >= 0.6 is 0 Å². The predicted molar refractivity (Wildman–Crippen MR) is 65.1 cm³/mol. The number of hydrogen-bond donors (Lipinski definition) is 1. The van der Waals surface area contributed by atoms with Crippen molar-refractivity contribution in [3.63, 3.8) is 0 Å². The van der Waals surface area contributed by atoms with Gasteiger partial charge in [0.05, 0.1) is 17.7 Å². The molecule has 0 radical (unpaired) electrons. The van der Waals surface area contributed by atoms with E-state index in [2.05, 4.69) is 9.97 Å². The third kappa shape index (κ3) is 2.34. The molecule has 0 aliphatic heterocycles. The number of nitro groups is 1. The number of rotatable bonds is 3. The zero-order valence-corrected chi connectivity index (χ0v) is 9.53. The van der Waals surface area contributed by atoms with E-state index < -0.39 is 4.92 Å². The second-order valence-electron chi connectivity index (χ2n) is 3.46. The Kier molecular flexibility index (Phi) is 3.05. The second kappa shape index (κ2) is 4.66. The maximum absolute atomic E-state index is 10.7. The molecule has 0 atom stereocenters. The van der Waals surface area contributed by atoms with Crippen molar-refractivity contribution in [2.75, 3.05) is 12.8 Å². The number of nitrogens with zero attached hydrogens (tertiary/aromatic N) is 3. The molecule has 1 heterocycles. The zero-order chi connectivity index (χ0) is 13.1. The topological polar surface area (TPSA) is 104 Å². The highest BCUT2D eigenvalue weighted by Gasteiger charge is 2.10. The van der Waals surface area contributed by atoms with E-state index in [1.54, 1.807) is 18.2 Å². The van der Waals surface area contributed by atoms with Crippen molar-refractivity contribution in [2.24, 2.45) is 0 Å². The van der Waals surface area contributed by atoms with Gasteiger partial charge in [-0.15, -0.1) is 0 Å².